The Morgan fingerprint density at radius 1 is 0.771 bits per heavy atom. The molecule has 2 aliphatic heterocycles. The molecule has 0 aromatic heterocycles. The third kappa shape index (κ3) is 5.89. The number of hydrogen-bond acceptors (Lipinski definition) is 5. The van der Waals surface area contributed by atoms with Crippen LogP contribution in [0.15, 0.2) is 60.7 Å². The van der Waals surface area contributed by atoms with Crippen LogP contribution in [0.25, 0.3) is 0 Å². The first-order chi connectivity index (χ1) is 17.0. The molecule has 184 valence electrons. The van der Waals surface area contributed by atoms with Gasteiger partial charge in [0.05, 0.1) is 0 Å². The SMILES string of the molecule is Fc1ccc(C(CCN2CCN(Cc3ccc4c(c3)OCO4)CC2)Oc2ccc(F)cc2F)cc1. The fourth-order valence-electron chi connectivity index (χ4n) is 4.46. The Kier molecular flexibility index (Phi) is 7.11. The van der Waals surface area contributed by atoms with Crippen LogP contribution < -0.4 is 14.2 Å². The van der Waals surface area contributed by atoms with Gasteiger partial charge in [0.1, 0.15) is 17.7 Å². The monoisotopic (exact) mass is 484 g/mol. The summed E-state index contributed by atoms with van der Waals surface area (Å²) < 4.78 is 57.8. The molecule has 1 unspecified atom stereocenters. The highest BCUT2D eigenvalue weighted by Gasteiger charge is 2.22. The largest absolute Gasteiger partial charge is 0.483 e. The van der Waals surface area contributed by atoms with E-state index in [0.29, 0.717) is 6.42 Å². The van der Waals surface area contributed by atoms with Gasteiger partial charge in [-0.3, -0.25) is 4.90 Å². The molecular weight excluding hydrogens is 457 g/mol. The van der Waals surface area contributed by atoms with Crippen LogP contribution in [0, 0.1) is 17.5 Å². The highest BCUT2D eigenvalue weighted by Crippen LogP contribution is 2.33. The normalized spacial score (nSPS) is 16.9. The van der Waals surface area contributed by atoms with Gasteiger partial charge in [-0.05, 0) is 47.5 Å². The Morgan fingerprint density at radius 3 is 2.26 bits per heavy atom. The van der Waals surface area contributed by atoms with Crippen molar-refractivity contribution in [2.24, 2.45) is 0 Å². The van der Waals surface area contributed by atoms with Crippen LogP contribution in [0.5, 0.6) is 17.2 Å². The van der Waals surface area contributed by atoms with Gasteiger partial charge in [-0.25, -0.2) is 13.2 Å². The van der Waals surface area contributed by atoms with Gasteiger partial charge in [-0.1, -0.05) is 18.2 Å². The zero-order chi connectivity index (χ0) is 24.2. The first-order valence-electron chi connectivity index (χ1n) is 11.7. The van der Waals surface area contributed by atoms with E-state index in [1.165, 1.54) is 29.8 Å². The molecule has 0 bridgehead atoms. The predicted octanol–water partition coefficient (Wildman–Crippen LogP) is 5.16. The van der Waals surface area contributed by atoms with Crippen LogP contribution in [0.1, 0.15) is 23.7 Å². The second-order valence-electron chi connectivity index (χ2n) is 8.83. The van der Waals surface area contributed by atoms with Crippen LogP contribution in [0.3, 0.4) is 0 Å². The van der Waals surface area contributed by atoms with Crippen molar-refractivity contribution in [1.29, 1.82) is 0 Å². The van der Waals surface area contributed by atoms with Crippen LogP contribution in [0.2, 0.25) is 0 Å². The third-order valence-corrected chi connectivity index (χ3v) is 6.42. The molecular formula is C27H27F3N2O3. The molecule has 2 aliphatic rings. The van der Waals surface area contributed by atoms with Gasteiger partial charge in [0.25, 0.3) is 0 Å². The molecule has 1 saturated heterocycles. The summed E-state index contributed by atoms with van der Waals surface area (Å²) in [4.78, 5) is 4.74. The third-order valence-electron chi connectivity index (χ3n) is 6.42. The van der Waals surface area contributed by atoms with E-state index in [0.717, 1.165) is 62.4 Å². The van der Waals surface area contributed by atoms with Gasteiger partial charge in [-0.15, -0.1) is 0 Å². The molecule has 0 amide bonds. The molecule has 0 aliphatic carbocycles. The Hall–Kier alpha value is -3.23. The summed E-state index contributed by atoms with van der Waals surface area (Å²) in [6.07, 6.45) is 0.104. The summed E-state index contributed by atoms with van der Waals surface area (Å²) in [5.74, 6) is -0.197. The van der Waals surface area contributed by atoms with Gasteiger partial charge in [0.15, 0.2) is 23.1 Å². The van der Waals surface area contributed by atoms with E-state index < -0.39 is 17.7 Å². The minimum atomic E-state index is -0.755. The molecule has 2 heterocycles. The quantitative estimate of drug-likeness (QED) is 0.441. The number of halogens is 3. The Morgan fingerprint density at radius 2 is 1.49 bits per heavy atom. The Labute approximate surface area is 202 Å². The van der Waals surface area contributed by atoms with Crippen molar-refractivity contribution in [3.05, 3.63) is 89.2 Å². The van der Waals surface area contributed by atoms with E-state index >= 15 is 0 Å². The van der Waals surface area contributed by atoms with Crippen molar-refractivity contribution in [1.82, 2.24) is 9.80 Å². The number of fused-ring (bicyclic) bond motifs is 1. The van der Waals surface area contributed by atoms with Crippen molar-refractivity contribution in [3.8, 4) is 17.2 Å². The zero-order valence-electron chi connectivity index (χ0n) is 19.3. The lowest BCUT2D eigenvalue weighted by Crippen LogP contribution is -2.46. The maximum atomic E-state index is 14.2. The van der Waals surface area contributed by atoms with Gasteiger partial charge < -0.3 is 19.1 Å². The van der Waals surface area contributed by atoms with Crippen molar-refractivity contribution >= 4 is 0 Å². The van der Waals surface area contributed by atoms with Crippen LogP contribution >= 0.6 is 0 Å². The highest BCUT2D eigenvalue weighted by molar-refractivity contribution is 5.44. The standard InChI is InChI=1S/C27H27F3N2O3/c28-21-4-2-20(3-5-21)24(35-25-8-6-22(29)16-23(25)30)9-10-31-11-13-32(14-12-31)17-19-1-7-26-27(15-19)34-18-33-26/h1-8,15-16,24H,9-14,17-18H2. The minimum Gasteiger partial charge on any atom is -0.483 e. The summed E-state index contributed by atoms with van der Waals surface area (Å²) in [5.41, 5.74) is 1.94. The van der Waals surface area contributed by atoms with Crippen molar-refractivity contribution in [2.75, 3.05) is 39.5 Å². The first-order valence-corrected chi connectivity index (χ1v) is 11.7. The van der Waals surface area contributed by atoms with E-state index in [1.54, 1.807) is 12.1 Å². The van der Waals surface area contributed by atoms with Gasteiger partial charge in [0.2, 0.25) is 6.79 Å². The molecule has 35 heavy (non-hydrogen) atoms. The highest BCUT2D eigenvalue weighted by atomic mass is 19.1. The summed E-state index contributed by atoms with van der Waals surface area (Å²) in [6.45, 7) is 5.48. The summed E-state index contributed by atoms with van der Waals surface area (Å²) in [5, 5.41) is 0. The fourth-order valence-corrected chi connectivity index (χ4v) is 4.46. The number of hydrogen-bond donors (Lipinski definition) is 0. The molecule has 5 rings (SSSR count). The van der Waals surface area contributed by atoms with E-state index in [9.17, 15) is 13.2 Å². The lowest BCUT2D eigenvalue weighted by Gasteiger charge is -2.35. The Bertz CT molecular complexity index is 1150. The van der Waals surface area contributed by atoms with Crippen molar-refractivity contribution in [2.45, 2.75) is 19.1 Å². The molecule has 3 aromatic carbocycles. The molecule has 0 spiro atoms. The minimum absolute atomic E-state index is 0.0192. The van der Waals surface area contributed by atoms with E-state index in [4.69, 9.17) is 14.2 Å². The van der Waals surface area contributed by atoms with E-state index in [1.807, 2.05) is 12.1 Å². The second-order valence-corrected chi connectivity index (χ2v) is 8.83. The second kappa shape index (κ2) is 10.6. The number of nitrogens with zero attached hydrogens (tertiary/aromatic N) is 2. The van der Waals surface area contributed by atoms with Crippen molar-refractivity contribution < 1.29 is 27.4 Å². The Balaban J connectivity index is 1.17. The molecule has 0 radical (unpaired) electrons. The fraction of sp³-hybridized carbons (Fsp3) is 0.333. The molecule has 0 N–H and O–H groups in total. The van der Waals surface area contributed by atoms with Gasteiger partial charge >= 0.3 is 0 Å². The lowest BCUT2D eigenvalue weighted by molar-refractivity contribution is 0.105. The van der Waals surface area contributed by atoms with Crippen LogP contribution in [-0.4, -0.2) is 49.3 Å². The average molecular weight is 485 g/mol. The molecule has 3 aromatic rings. The predicted molar refractivity (Wildman–Crippen MR) is 125 cm³/mol. The van der Waals surface area contributed by atoms with Crippen molar-refractivity contribution in [3.63, 3.8) is 0 Å². The topological polar surface area (TPSA) is 34.2 Å². The molecule has 1 atom stereocenters. The summed E-state index contributed by atoms with van der Waals surface area (Å²) in [7, 11) is 0. The van der Waals surface area contributed by atoms with E-state index in [2.05, 4.69) is 15.9 Å². The van der Waals surface area contributed by atoms with Crippen LogP contribution in [-0.2, 0) is 6.54 Å². The summed E-state index contributed by atoms with van der Waals surface area (Å²) in [6, 6.07) is 15.3. The molecule has 8 heteroatoms. The first kappa shape index (κ1) is 23.5. The van der Waals surface area contributed by atoms with Crippen LogP contribution in [0.4, 0.5) is 13.2 Å². The molecule has 5 nitrogen and oxygen atoms in total. The van der Waals surface area contributed by atoms with Gasteiger partial charge in [-0.2, -0.15) is 0 Å². The number of rotatable bonds is 8. The lowest BCUT2D eigenvalue weighted by atomic mass is 10.1. The van der Waals surface area contributed by atoms with Gasteiger partial charge in [0, 0.05) is 51.8 Å². The molecule has 1 fully saturated rings. The maximum absolute atomic E-state index is 14.2. The maximum Gasteiger partial charge on any atom is 0.231 e. The number of piperazine rings is 1. The van der Waals surface area contributed by atoms with E-state index in [-0.39, 0.29) is 18.4 Å². The molecule has 0 saturated carbocycles. The smallest absolute Gasteiger partial charge is 0.231 e. The average Bonchev–Trinajstić information content (AvgIpc) is 3.33. The number of benzene rings is 3. The zero-order valence-corrected chi connectivity index (χ0v) is 19.3. The summed E-state index contributed by atoms with van der Waals surface area (Å²) >= 11 is 0. The number of ether oxygens (including phenoxy) is 3.